The smallest absolute Gasteiger partial charge is 0.242 e. The lowest BCUT2D eigenvalue weighted by Gasteiger charge is -2.18. The Hall–Kier alpha value is -2.57. The molecular formula is C19H20N4OS. The highest BCUT2D eigenvalue weighted by Crippen LogP contribution is 2.24. The number of hydrogen-bond acceptors (Lipinski definition) is 5. The summed E-state index contributed by atoms with van der Waals surface area (Å²) in [6.45, 7) is 3.07. The van der Waals surface area contributed by atoms with Crippen molar-refractivity contribution in [2.75, 3.05) is 0 Å². The van der Waals surface area contributed by atoms with Gasteiger partial charge in [0.05, 0.1) is 0 Å². The Kier molecular flexibility index (Phi) is 5.87. The molecule has 1 amide bonds. The maximum absolute atomic E-state index is 12.8. The summed E-state index contributed by atoms with van der Waals surface area (Å²) in [4.78, 5) is 22.0. The topological polar surface area (TPSA) is 66.9 Å². The molecular weight excluding hydrogens is 332 g/mol. The number of rotatable bonds is 7. The molecule has 2 N–H and O–H groups in total. The number of amides is 1. The number of carbonyl (C=O) groups excluding carboxylic acids is 1. The van der Waals surface area contributed by atoms with Crippen LogP contribution in [0.4, 0.5) is 0 Å². The number of aryl methyl sites for hydroxylation is 1. The van der Waals surface area contributed by atoms with Crippen LogP contribution in [0.25, 0.3) is 0 Å². The number of pyridine rings is 2. The van der Waals surface area contributed by atoms with Crippen molar-refractivity contribution < 1.29 is 4.79 Å². The first-order valence-electron chi connectivity index (χ1n) is 8.07. The van der Waals surface area contributed by atoms with Crippen LogP contribution >= 0.6 is 11.3 Å². The quantitative estimate of drug-likeness (QED) is 0.686. The second-order valence-electron chi connectivity index (χ2n) is 5.72. The molecule has 3 aromatic heterocycles. The van der Waals surface area contributed by atoms with E-state index >= 15 is 0 Å². The Labute approximate surface area is 151 Å². The van der Waals surface area contributed by atoms with E-state index < -0.39 is 6.04 Å². The number of carbonyl (C=O) groups is 1. The van der Waals surface area contributed by atoms with Gasteiger partial charge >= 0.3 is 0 Å². The normalized spacial score (nSPS) is 11.9. The molecule has 0 radical (unpaired) electrons. The lowest BCUT2D eigenvalue weighted by Crippen LogP contribution is -2.37. The fourth-order valence-corrected chi connectivity index (χ4v) is 3.50. The molecule has 0 aliphatic rings. The van der Waals surface area contributed by atoms with Crippen LogP contribution in [-0.2, 0) is 17.9 Å². The molecule has 1 unspecified atom stereocenters. The van der Waals surface area contributed by atoms with Crippen LogP contribution < -0.4 is 10.6 Å². The van der Waals surface area contributed by atoms with Crippen LogP contribution in [0.5, 0.6) is 0 Å². The van der Waals surface area contributed by atoms with Crippen LogP contribution in [0.15, 0.2) is 60.5 Å². The Bertz CT molecular complexity index is 805. The summed E-state index contributed by atoms with van der Waals surface area (Å²) in [6, 6.07) is 9.34. The summed E-state index contributed by atoms with van der Waals surface area (Å²) in [6.07, 6.45) is 7.03. The lowest BCUT2D eigenvalue weighted by atomic mass is 10.1. The van der Waals surface area contributed by atoms with E-state index in [1.54, 1.807) is 36.1 Å². The summed E-state index contributed by atoms with van der Waals surface area (Å²) in [5.74, 6) is -0.0432. The zero-order valence-corrected chi connectivity index (χ0v) is 14.8. The molecule has 6 heteroatoms. The van der Waals surface area contributed by atoms with Gasteiger partial charge < -0.3 is 5.32 Å². The SMILES string of the molecule is Cc1ccsc1C(NCc1cccnc1)C(=O)NCc1cccnc1. The van der Waals surface area contributed by atoms with Crippen molar-refractivity contribution in [3.8, 4) is 0 Å². The number of nitrogens with one attached hydrogen (secondary N) is 2. The molecule has 128 valence electrons. The first-order chi connectivity index (χ1) is 12.2. The average molecular weight is 352 g/mol. The standard InChI is InChI=1S/C19H20N4OS/c1-14-6-9-25-18(14)17(22-12-15-4-2-7-20-10-15)19(24)23-13-16-5-3-8-21-11-16/h2-11,17,22H,12-13H2,1H3,(H,23,24). The molecule has 3 aromatic rings. The maximum Gasteiger partial charge on any atom is 0.242 e. The Morgan fingerprint density at radius 2 is 1.76 bits per heavy atom. The monoisotopic (exact) mass is 352 g/mol. The summed E-state index contributed by atoms with van der Waals surface area (Å²) in [7, 11) is 0. The van der Waals surface area contributed by atoms with Gasteiger partial charge in [-0.15, -0.1) is 11.3 Å². The molecule has 1 atom stereocenters. The van der Waals surface area contributed by atoms with Crippen LogP contribution in [0.2, 0.25) is 0 Å². The van der Waals surface area contributed by atoms with Crippen molar-refractivity contribution in [1.29, 1.82) is 0 Å². The van der Waals surface area contributed by atoms with Gasteiger partial charge in [-0.1, -0.05) is 12.1 Å². The lowest BCUT2D eigenvalue weighted by molar-refractivity contribution is -0.123. The molecule has 3 rings (SSSR count). The third-order valence-corrected chi connectivity index (χ3v) is 4.93. The first kappa shape index (κ1) is 17.3. The largest absolute Gasteiger partial charge is 0.350 e. The first-order valence-corrected chi connectivity index (χ1v) is 8.95. The second-order valence-corrected chi connectivity index (χ2v) is 6.67. The highest BCUT2D eigenvalue weighted by Gasteiger charge is 2.22. The van der Waals surface area contributed by atoms with Crippen LogP contribution in [0, 0.1) is 6.92 Å². The molecule has 3 heterocycles. The van der Waals surface area contributed by atoms with E-state index in [4.69, 9.17) is 0 Å². The summed E-state index contributed by atoms with van der Waals surface area (Å²) in [5, 5.41) is 8.37. The predicted molar refractivity (Wildman–Crippen MR) is 99.0 cm³/mol. The molecule has 0 aromatic carbocycles. The molecule has 0 aliphatic heterocycles. The molecule has 0 aliphatic carbocycles. The molecule has 5 nitrogen and oxygen atoms in total. The van der Waals surface area contributed by atoms with Gasteiger partial charge in [0.25, 0.3) is 0 Å². The zero-order valence-electron chi connectivity index (χ0n) is 14.0. The fourth-order valence-electron chi connectivity index (χ4n) is 2.50. The van der Waals surface area contributed by atoms with Crippen molar-refractivity contribution in [3.05, 3.63) is 82.1 Å². The van der Waals surface area contributed by atoms with E-state index in [1.807, 2.05) is 42.6 Å². The summed E-state index contributed by atoms with van der Waals surface area (Å²) < 4.78 is 0. The third kappa shape index (κ3) is 4.71. The third-order valence-electron chi connectivity index (χ3n) is 3.85. The molecule has 0 spiro atoms. The molecule has 0 saturated heterocycles. The predicted octanol–water partition coefficient (Wildman–Crippen LogP) is 2.99. The minimum Gasteiger partial charge on any atom is -0.350 e. The summed E-state index contributed by atoms with van der Waals surface area (Å²) in [5.41, 5.74) is 3.14. The Morgan fingerprint density at radius 1 is 1.08 bits per heavy atom. The van der Waals surface area contributed by atoms with E-state index in [0.717, 1.165) is 21.6 Å². The average Bonchev–Trinajstić information content (AvgIpc) is 3.08. The highest BCUT2D eigenvalue weighted by molar-refractivity contribution is 7.10. The van der Waals surface area contributed by atoms with Crippen molar-refractivity contribution >= 4 is 17.2 Å². The minimum atomic E-state index is -0.392. The Morgan fingerprint density at radius 3 is 2.32 bits per heavy atom. The Balaban J connectivity index is 1.69. The van der Waals surface area contributed by atoms with Crippen LogP contribution in [0.3, 0.4) is 0 Å². The van der Waals surface area contributed by atoms with E-state index in [0.29, 0.717) is 13.1 Å². The van der Waals surface area contributed by atoms with Crippen molar-refractivity contribution in [1.82, 2.24) is 20.6 Å². The van der Waals surface area contributed by atoms with Crippen molar-refractivity contribution in [2.24, 2.45) is 0 Å². The maximum atomic E-state index is 12.8. The zero-order chi connectivity index (χ0) is 17.5. The van der Waals surface area contributed by atoms with E-state index in [1.165, 1.54) is 0 Å². The van der Waals surface area contributed by atoms with Gasteiger partial charge in [-0.25, -0.2) is 0 Å². The molecule has 0 fully saturated rings. The number of aromatic nitrogens is 2. The summed E-state index contributed by atoms with van der Waals surface area (Å²) >= 11 is 1.59. The van der Waals surface area contributed by atoms with E-state index in [2.05, 4.69) is 20.6 Å². The van der Waals surface area contributed by atoms with Gasteiger partial charge in [-0.05, 0) is 47.2 Å². The van der Waals surface area contributed by atoms with Crippen molar-refractivity contribution in [2.45, 2.75) is 26.1 Å². The van der Waals surface area contributed by atoms with Crippen LogP contribution in [-0.4, -0.2) is 15.9 Å². The fraction of sp³-hybridized carbons (Fsp3) is 0.211. The molecule has 25 heavy (non-hydrogen) atoms. The van der Waals surface area contributed by atoms with Gasteiger partial charge in [0, 0.05) is 42.8 Å². The van der Waals surface area contributed by atoms with Crippen LogP contribution in [0.1, 0.15) is 27.6 Å². The van der Waals surface area contributed by atoms with Gasteiger partial charge in [0.1, 0.15) is 6.04 Å². The van der Waals surface area contributed by atoms with Gasteiger partial charge in [-0.2, -0.15) is 0 Å². The van der Waals surface area contributed by atoms with Gasteiger partial charge in [0.15, 0.2) is 0 Å². The van der Waals surface area contributed by atoms with E-state index in [9.17, 15) is 4.79 Å². The van der Waals surface area contributed by atoms with E-state index in [-0.39, 0.29) is 5.91 Å². The highest BCUT2D eigenvalue weighted by atomic mass is 32.1. The van der Waals surface area contributed by atoms with Crippen molar-refractivity contribution in [3.63, 3.8) is 0 Å². The number of nitrogens with zero attached hydrogens (tertiary/aromatic N) is 2. The van der Waals surface area contributed by atoms with Gasteiger partial charge in [-0.3, -0.25) is 20.1 Å². The minimum absolute atomic E-state index is 0.0432. The number of hydrogen-bond donors (Lipinski definition) is 2. The molecule has 0 bridgehead atoms. The number of thiophene rings is 1. The second kappa shape index (κ2) is 8.50. The van der Waals surface area contributed by atoms with Gasteiger partial charge in [0.2, 0.25) is 5.91 Å². The molecule has 0 saturated carbocycles.